The molecule has 1 fully saturated rings. The molecule has 0 N–H and O–H groups in total. The van der Waals surface area contributed by atoms with E-state index in [1.165, 1.54) is 12.1 Å². The molecule has 0 nitrogen and oxygen atoms in total. The fourth-order valence-electron chi connectivity index (χ4n) is 2.54. The third kappa shape index (κ3) is 2.54. The molecular formula is C13H15ClF2. The maximum atomic E-state index is 13.5. The number of hydrogen-bond donors (Lipinski definition) is 0. The zero-order valence-corrected chi connectivity index (χ0v) is 10.0. The normalized spacial score (nSPS) is 29.6. The maximum Gasteiger partial charge on any atom is 0.126 e. The fraction of sp³-hybridized carbons (Fsp3) is 0.538. The second-order valence-corrected chi connectivity index (χ2v) is 5.68. The van der Waals surface area contributed by atoms with Crippen molar-refractivity contribution < 1.29 is 8.78 Å². The van der Waals surface area contributed by atoms with Crippen molar-refractivity contribution in [1.29, 1.82) is 0 Å². The summed E-state index contributed by atoms with van der Waals surface area (Å²) in [5.41, 5.74) is 0.481. The van der Waals surface area contributed by atoms with Crippen LogP contribution in [0.1, 0.15) is 31.7 Å². The van der Waals surface area contributed by atoms with Gasteiger partial charge in [0.05, 0.1) is 0 Å². The second-order valence-electron chi connectivity index (χ2n) is 5.06. The molecule has 0 amide bonds. The van der Waals surface area contributed by atoms with Gasteiger partial charge >= 0.3 is 0 Å². The Balaban J connectivity index is 2.17. The first-order chi connectivity index (χ1) is 7.48. The van der Waals surface area contributed by atoms with E-state index in [2.05, 4.69) is 6.92 Å². The Bertz CT molecular complexity index is 392. The summed E-state index contributed by atoms with van der Waals surface area (Å²) in [4.78, 5) is 0. The number of hydrogen-bond acceptors (Lipinski definition) is 0. The van der Waals surface area contributed by atoms with E-state index in [1.807, 2.05) is 0 Å². The maximum absolute atomic E-state index is 13.5. The van der Waals surface area contributed by atoms with Crippen molar-refractivity contribution in [1.82, 2.24) is 0 Å². The summed E-state index contributed by atoms with van der Waals surface area (Å²) in [7, 11) is 0. The van der Waals surface area contributed by atoms with E-state index in [-0.39, 0.29) is 22.4 Å². The Kier molecular flexibility index (Phi) is 3.20. The quantitative estimate of drug-likeness (QED) is 0.681. The van der Waals surface area contributed by atoms with Gasteiger partial charge < -0.3 is 0 Å². The highest BCUT2D eigenvalue weighted by molar-refractivity contribution is 6.20. The monoisotopic (exact) mass is 244 g/mol. The Morgan fingerprint density at radius 2 is 2.19 bits per heavy atom. The van der Waals surface area contributed by atoms with Crippen LogP contribution in [0, 0.1) is 17.0 Å². The predicted octanol–water partition coefficient (Wildman–Crippen LogP) is 4.30. The van der Waals surface area contributed by atoms with Gasteiger partial charge in [0.1, 0.15) is 11.6 Å². The number of halogens is 3. The zero-order chi connectivity index (χ0) is 11.8. The lowest BCUT2D eigenvalue weighted by molar-refractivity contribution is 0.329. The van der Waals surface area contributed by atoms with Crippen LogP contribution in [-0.4, -0.2) is 5.38 Å². The molecule has 0 aliphatic heterocycles. The van der Waals surface area contributed by atoms with Crippen molar-refractivity contribution in [2.24, 2.45) is 5.41 Å². The van der Waals surface area contributed by atoms with Crippen LogP contribution in [0.2, 0.25) is 0 Å². The van der Waals surface area contributed by atoms with Crippen LogP contribution < -0.4 is 0 Å². The molecule has 1 aromatic carbocycles. The van der Waals surface area contributed by atoms with Crippen LogP contribution in [0.15, 0.2) is 18.2 Å². The highest BCUT2D eigenvalue weighted by Crippen LogP contribution is 2.43. The largest absolute Gasteiger partial charge is 0.207 e. The molecule has 0 saturated heterocycles. The van der Waals surface area contributed by atoms with Gasteiger partial charge in [0, 0.05) is 5.38 Å². The van der Waals surface area contributed by atoms with E-state index >= 15 is 0 Å². The van der Waals surface area contributed by atoms with Crippen LogP contribution in [0.3, 0.4) is 0 Å². The molecule has 3 heteroatoms. The molecule has 0 heterocycles. The SMILES string of the molecule is CC1(Cc2cc(F)ccc2F)CCC(Cl)C1. The van der Waals surface area contributed by atoms with E-state index in [4.69, 9.17) is 11.6 Å². The third-order valence-electron chi connectivity index (χ3n) is 3.40. The molecule has 0 spiro atoms. The van der Waals surface area contributed by atoms with E-state index in [0.29, 0.717) is 12.0 Å². The minimum Gasteiger partial charge on any atom is -0.207 e. The lowest BCUT2D eigenvalue weighted by atomic mass is 9.82. The van der Waals surface area contributed by atoms with Crippen molar-refractivity contribution in [2.75, 3.05) is 0 Å². The molecule has 0 aromatic heterocycles. The zero-order valence-electron chi connectivity index (χ0n) is 9.27. The summed E-state index contributed by atoms with van der Waals surface area (Å²) in [6, 6.07) is 3.64. The Morgan fingerprint density at radius 3 is 2.81 bits per heavy atom. The van der Waals surface area contributed by atoms with Crippen LogP contribution in [0.5, 0.6) is 0 Å². The van der Waals surface area contributed by atoms with Gasteiger partial charge in [-0.2, -0.15) is 0 Å². The molecule has 0 radical (unpaired) electrons. The first kappa shape index (κ1) is 11.8. The first-order valence-corrected chi connectivity index (χ1v) is 6.00. The number of alkyl halides is 1. The van der Waals surface area contributed by atoms with Gasteiger partial charge in [-0.25, -0.2) is 8.78 Å². The fourth-order valence-corrected chi connectivity index (χ4v) is 3.02. The van der Waals surface area contributed by atoms with Crippen molar-refractivity contribution in [2.45, 2.75) is 38.0 Å². The average molecular weight is 245 g/mol. The molecule has 16 heavy (non-hydrogen) atoms. The predicted molar refractivity (Wildman–Crippen MR) is 61.7 cm³/mol. The minimum atomic E-state index is -0.375. The average Bonchev–Trinajstić information content (AvgIpc) is 2.52. The molecule has 1 saturated carbocycles. The number of benzene rings is 1. The lowest BCUT2D eigenvalue weighted by Gasteiger charge is -2.23. The van der Waals surface area contributed by atoms with E-state index < -0.39 is 0 Å². The van der Waals surface area contributed by atoms with Gasteiger partial charge in [-0.05, 0) is 54.9 Å². The van der Waals surface area contributed by atoms with Crippen LogP contribution in [-0.2, 0) is 6.42 Å². The first-order valence-electron chi connectivity index (χ1n) is 5.56. The molecule has 1 aliphatic rings. The topological polar surface area (TPSA) is 0 Å². The third-order valence-corrected chi connectivity index (χ3v) is 3.77. The standard InChI is InChI=1S/C13H15ClF2/c1-13(5-4-10(14)8-13)7-9-6-11(15)2-3-12(9)16/h2-3,6,10H,4-5,7-8H2,1H3. The van der Waals surface area contributed by atoms with E-state index in [1.54, 1.807) is 0 Å². The summed E-state index contributed by atoms with van der Waals surface area (Å²) in [5, 5.41) is 0.182. The summed E-state index contributed by atoms with van der Waals surface area (Å²) in [6.45, 7) is 2.10. The van der Waals surface area contributed by atoms with Crippen molar-refractivity contribution in [3.8, 4) is 0 Å². The molecule has 0 bridgehead atoms. The highest BCUT2D eigenvalue weighted by atomic mass is 35.5. The molecular weight excluding hydrogens is 230 g/mol. The van der Waals surface area contributed by atoms with Gasteiger partial charge in [0.15, 0.2) is 0 Å². The van der Waals surface area contributed by atoms with Crippen molar-refractivity contribution in [3.63, 3.8) is 0 Å². The van der Waals surface area contributed by atoms with Gasteiger partial charge in [-0.15, -0.1) is 11.6 Å². The summed E-state index contributed by atoms with van der Waals surface area (Å²) < 4.78 is 26.5. The van der Waals surface area contributed by atoms with Gasteiger partial charge in [-0.3, -0.25) is 0 Å². The molecule has 1 aliphatic carbocycles. The summed E-state index contributed by atoms with van der Waals surface area (Å²) in [5.74, 6) is -0.693. The lowest BCUT2D eigenvalue weighted by Crippen LogP contribution is -2.16. The second kappa shape index (κ2) is 4.33. The van der Waals surface area contributed by atoms with Crippen LogP contribution in [0.25, 0.3) is 0 Å². The Labute approximate surface area is 99.6 Å². The Hall–Kier alpha value is -0.630. The van der Waals surface area contributed by atoms with Gasteiger partial charge in [0.25, 0.3) is 0 Å². The smallest absolute Gasteiger partial charge is 0.126 e. The van der Waals surface area contributed by atoms with Crippen LogP contribution in [0.4, 0.5) is 8.78 Å². The number of rotatable bonds is 2. The van der Waals surface area contributed by atoms with Crippen molar-refractivity contribution in [3.05, 3.63) is 35.4 Å². The summed E-state index contributed by atoms with van der Waals surface area (Å²) >= 11 is 6.07. The summed E-state index contributed by atoms with van der Waals surface area (Å²) in [6.07, 6.45) is 3.40. The molecule has 88 valence electrons. The molecule has 2 atom stereocenters. The van der Waals surface area contributed by atoms with Crippen molar-refractivity contribution >= 4 is 11.6 Å². The van der Waals surface area contributed by atoms with E-state index in [9.17, 15) is 8.78 Å². The molecule has 2 rings (SSSR count). The van der Waals surface area contributed by atoms with Gasteiger partial charge in [-0.1, -0.05) is 6.92 Å². The van der Waals surface area contributed by atoms with E-state index in [0.717, 1.165) is 25.3 Å². The van der Waals surface area contributed by atoms with Crippen LogP contribution >= 0.6 is 11.6 Å². The highest BCUT2D eigenvalue weighted by Gasteiger charge is 2.34. The molecule has 1 aromatic rings. The van der Waals surface area contributed by atoms with Gasteiger partial charge in [0.2, 0.25) is 0 Å². The molecule has 2 unspecified atom stereocenters. The Morgan fingerprint density at radius 1 is 1.44 bits per heavy atom. The minimum absolute atomic E-state index is 0.0149.